The van der Waals surface area contributed by atoms with Crippen LogP contribution in [0.25, 0.3) is 0 Å². The van der Waals surface area contributed by atoms with Crippen LogP contribution in [0.3, 0.4) is 0 Å². The Morgan fingerprint density at radius 1 is 1.14 bits per heavy atom. The van der Waals surface area contributed by atoms with Gasteiger partial charge in [-0.05, 0) is 47.6 Å². The summed E-state index contributed by atoms with van der Waals surface area (Å²) in [6, 6.07) is 8.39. The molecule has 4 heteroatoms. The van der Waals surface area contributed by atoms with E-state index in [1.54, 1.807) is 22.7 Å². The van der Waals surface area contributed by atoms with E-state index in [1.807, 2.05) is 0 Å². The predicted molar refractivity (Wildman–Crippen MR) is 87.6 cm³/mol. The van der Waals surface area contributed by atoms with Crippen LogP contribution in [0.2, 0.25) is 0 Å². The summed E-state index contributed by atoms with van der Waals surface area (Å²) in [5.41, 5.74) is 0.375. The number of thiophene rings is 2. The molecule has 2 aliphatic rings. The molecule has 0 unspecified atom stereocenters. The van der Waals surface area contributed by atoms with Crippen molar-refractivity contribution in [2.24, 2.45) is 11.3 Å². The van der Waals surface area contributed by atoms with Gasteiger partial charge in [-0.3, -0.25) is 4.79 Å². The third-order valence-electron chi connectivity index (χ3n) is 5.05. The molecule has 0 radical (unpaired) electrons. The van der Waals surface area contributed by atoms with Crippen LogP contribution in [0.4, 0.5) is 0 Å². The molecule has 2 nitrogen and oxygen atoms in total. The second kappa shape index (κ2) is 5.25. The first-order chi connectivity index (χ1) is 10.3. The number of rotatable bonds is 4. The van der Waals surface area contributed by atoms with E-state index in [1.165, 1.54) is 35.4 Å². The van der Waals surface area contributed by atoms with Crippen LogP contribution < -0.4 is 5.32 Å². The lowest BCUT2D eigenvalue weighted by Crippen LogP contribution is -2.31. The minimum Gasteiger partial charge on any atom is -0.343 e. The Hall–Kier alpha value is -1.13. The molecule has 110 valence electrons. The number of carbonyl (C=O) groups is 1. The van der Waals surface area contributed by atoms with Crippen LogP contribution in [-0.4, -0.2) is 5.91 Å². The molecule has 0 bridgehead atoms. The molecule has 0 aromatic carbocycles. The van der Waals surface area contributed by atoms with E-state index >= 15 is 0 Å². The highest BCUT2D eigenvalue weighted by Crippen LogP contribution is 2.63. The summed E-state index contributed by atoms with van der Waals surface area (Å²) in [5, 5.41) is 7.48. The first-order valence-electron chi connectivity index (χ1n) is 7.66. The van der Waals surface area contributed by atoms with Gasteiger partial charge in [-0.1, -0.05) is 25.0 Å². The Bertz CT molecular complexity index is 577. The van der Waals surface area contributed by atoms with Crippen LogP contribution in [-0.2, 0) is 4.79 Å². The molecular formula is C17H19NOS2. The van der Waals surface area contributed by atoms with Crippen molar-refractivity contribution in [1.82, 2.24) is 5.32 Å². The maximum atomic E-state index is 12.7. The fourth-order valence-electron chi connectivity index (χ4n) is 3.79. The van der Waals surface area contributed by atoms with Crippen molar-refractivity contribution in [1.29, 1.82) is 0 Å². The number of nitrogens with one attached hydrogen (secondary N) is 1. The van der Waals surface area contributed by atoms with E-state index in [2.05, 4.69) is 40.3 Å². The summed E-state index contributed by atoms with van der Waals surface area (Å²) in [6.07, 6.45) is 6.24. The van der Waals surface area contributed by atoms with Gasteiger partial charge in [0.05, 0.1) is 6.04 Å². The average Bonchev–Trinajstić information content (AvgIpc) is 3.02. The molecular weight excluding hydrogens is 298 g/mol. The molecule has 1 spiro atoms. The van der Waals surface area contributed by atoms with E-state index in [0.29, 0.717) is 5.41 Å². The molecule has 21 heavy (non-hydrogen) atoms. The molecule has 0 aliphatic heterocycles. The lowest BCUT2D eigenvalue weighted by atomic mass is 10.0. The van der Waals surface area contributed by atoms with Crippen molar-refractivity contribution in [3.8, 4) is 0 Å². The maximum absolute atomic E-state index is 12.7. The second-order valence-corrected chi connectivity index (χ2v) is 8.26. The summed E-state index contributed by atoms with van der Waals surface area (Å²) in [5.74, 6) is 0.533. The number of hydrogen-bond donors (Lipinski definition) is 1. The fourth-order valence-corrected chi connectivity index (χ4v) is 5.45. The minimum atomic E-state index is 0.0385. The smallest absolute Gasteiger partial charge is 0.224 e. The molecule has 2 aliphatic carbocycles. The van der Waals surface area contributed by atoms with Crippen LogP contribution in [0, 0.1) is 11.3 Å². The fraction of sp³-hybridized carbons (Fsp3) is 0.471. The van der Waals surface area contributed by atoms with E-state index in [4.69, 9.17) is 0 Å². The zero-order chi connectivity index (χ0) is 14.3. The summed E-state index contributed by atoms with van der Waals surface area (Å²) < 4.78 is 0. The minimum absolute atomic E-state index is 0.0385. The van der Waals surface area contributed by atoms with Crippen LogP contribution >= 0.6 is 22.7 Å². The molecule has 2 fully saturated rings. The second-order valence-electron chi connectivity index (χ2n) is 6.30. The van der Waals surface area contributed by atoms with E-state index in [9.17, 15) is 4.79 Å². The van der Waals surface area contributed by atoms with Gasteiger partial charge in [-0.15, -0.1) is 22.7 Å². The van der Waals surface area contributed by atoms with E-state index in [0.717, 1.165) is 6.42 Å². The highest BCUT2D eigenvalue weighted by molar-refractivity contribution is 7.11. The van der Waals surface area contributed by atoms with Crippen LogP contribution in [0.5, 0.6) is 0 Å². The van der Waals surface area contributed by atoms with Gasteiger partial charge in [-0.25, -0.2) is 0 Å². The zero-order valence-electron chi connectivity index (χ0n) is 11.9. The molecule has 2 aromatic heterocycles. The number of hydrogen-bond acceptors (Lipinski definition) is 3. The van der Waals surface area contributed by atoms with Gasteiger partial charge < -0.3 is 5.32 Å². The van der Waals surface area contributed by atoms with E-state index < -0.39 is 0 Å². The van der Waals surface area contributed by atoms with Crippen LogP contribution in [0.15, 0.2) is 35.0 Å². The average molecular weight is 317 g/mol. The molecule has 2 heterocycles. The van der Waals surface area contributed by atoms with Crippen molar-refractivity contribution in [3.05, 3.63) is 44.8 Å². The molecule has 0 saturated heterocycles. The quantitative estimate of drug-likeness (QED) is 0.877. The first kappa shape index (κ1) is 13.5. The molecule has 1 atom stereocenters. The maximum Gasteiger partial charge on any atom is 0.224 e. The van der Waals surface area contributed by atoms with Crippen molar-refractivity contribution in [3.63, 3.8) is 0 Å². The van der Waals surface area contributed by atoms with Gasteiger partial charge in [0, 0.05) is 15.7 Å². The Kier molecular flexibility index (Phi) is 3.38. The first-order valence-corrected chi connectivity index (χ1v) is 9.42. The summed E-state index contributed by atoms with van der Waals surface area (Å²) in [4.78, 5) is 15.1. The third kappa shape index (κ3) is 2.44. The van der Waals surface area contributed by atoms with Crippen molar-refractivity contribution in [2.45, 2.75) is 38.1 Å². The topological polar surface area (TPSA) is 29.1 Å². The predicted octanol–water partition coefficient (Wildman–Crippen LogP) is 4.60. The lowest BCUT2D eigenvalue weighted by Gasteiger charge is -2.17. The Morgan fingerprint density at radius 3 is 2.29 bits per heavy atom. The molecule has 1 N–H and O–H groups in total. The molecule has 2 aromatic rings. The summed E-state index contributed by atoms with van der Waals surface area (Å²) in [6.45, 7) is 0. The summed E-state index contributed by atoms with van der Waals surface area (Å²) in [7, 11) is 0. The SMILES string of the molecule is O=C(NC(c1cccs1)c1cccs1)[C@H]1CC12CCCC2. The largest absolute Gasteiger partial charge is 0.343 e. The number of amides is 1. The van der Waals surface area contributed by atoms with Gasteiger partial charge >= 0.3 is 0 Å². The normalized spacial score (nSPS) is 22.8. The highest BCUT2D eigenvalue weighted by Gasteiger charge is 2.58. The van der Waals surface area contributed by atoms with Gasteiger partial charge in [0.1, 0.15) is 0 Å². The molecule has 2 saturated carbocycles. The van der Waals surface area contributed by atoms with E-state index in [-0.39, 0.29) is 17.9 Å². The highest BCUT2D eigenvalue weighted by atomic mass is 32.1. The van der Waals surface area contributed by atoms with Gasteiger partial charge in [0.15, 0.2) is 0 Å². The Morgan fingerprint density at radius 2 is 1.76 bits per heavy atom. The van der Waals surface area contributed by atoms with Crippen molar-refractivity contribution < 1.29 is 4.79 Å². The lowest BCUT2D eigenvalue weighted by molar-refractivity contribution is -0.123. The van der Waals surface area contributed by atoms with Crippen LogP contribution in [0.1, 0.15) is 47.9 Å². The van der Waals surface area contributed by atoms with Gasteiger partial charge in [-0.2, -0.15) is 0 Å². The van der Waals surface area contributed by atoms with Crippen molar-refractivity contribution >= 4 is 28.6 Å². The Labute approximate surface area is 133 Å². The van der Waals surface area contributed by atoms with Gasteiger partial charge in [0.25, 0.3) is 0 Å². The van der Waals surface area contributed by atoms with Gasteiger partial charge in [0.2, 0.25) is 5.91 Å². The zero-order valence-corrected chi connectivity index (χ0v) is 13.5. The monoisotopic (exact) mass is 317 g/mol. The third-order valence-corrected chi connectivity index (χ3v) is 6.92. The Balaban J connectivity index is 1.52. The van der Waals surface area contributed by atoms with Crippen molar-refractivity contribution in [2.75, 3.05) is 0 Å². The standard InChI is InChI=1S/C17H19NOS2/c19-16(12-11-17(12)7-1-2-8-17)18-15(13-5-3-9-20-13)14-6-4-10-21-14/h3-6,9-10,12,15H,1-2,7-8,11H2,(H,18,19)/t12-/m1/s1. The molecule has 4 rings (SSSR count). The number of carbonyl (C=O) groups excluding carboxylic acids is 1. The summed E-state index contributed by atoms with van der Waals surface area (Å²) >= 11 is 3.44. The molecule has 1 amide bonds.